The zero-order chi connectivity index (χ0) is 15.2. The van der Waals surface area contributed by atoms with E-state index in [-0.39, 0.29) is 11.1 Å². The third-order valence-corrected chi connectivity index (χ3v) is 5.70. The highest BCUT2D eigenvalue weighted by Gasteiger charge is 2.32. The van der Waals surface area contributed by atoms with E-state index < -0.39 is 10.0 Å². The van der Waals surface area contributed by atoms with Gasteiger partial charge in [0.05, 0.1) is 11.9 Å². The Morgan fingerprint density at radius 3 is 2.71 bits per heavy atom. The molecular formula is C14H18N4O2S. The molecular weight excluding hydrogens is 288 g/mol. The van der Waals surface area contributed by atoms with E-state index >= 15 is 0 Å². The molecule has 7 heteroatoms. The van der Waals surface area contributed by atoms with Crippen molar-refractivity contribution in [1.82, 2.24) is 9.78 Å². The lowest BCUT2D eigenvalue weighted by Crippen LogP contribution is -2.30. The van der Waals surface area contributed by atoms with E-state index in [0.29, 0.717) is 13.0 Å². The smallest absolute Gasteiger partial charge is 0.281 e. The highest BCUT2D eigenvalue weighted by molar-refractivity contribution is 7.92. The Morgan fingerprint density at radius 1 is 1.33 bits per heavy atom. The Kier molecular flexibility index (Phi) is 3.26. The second-order valence-corrected chi connectivity index (χ2v) is 7.11. The van der Waals surface area contributed by atoms with E-state index in [0.717, 1.165) is 16.8 Å². The first kappa shape index (κ1) is 14.1. The zero-order valence-corrected chi connectivity index (χ0v) is 12.8. The topological polar surface area (TPSA) is 81.2 Å². The molecule has 2 aromatic rings. The molecule has 0 saturated heterocycles. The van der Waals surface area contributed by atoms with Gasteiger partial charge in [-0.3, -0.25) is 8.99 Å². The zero-order valence-electron chi connectivity index (χ0n) is 12.0. The van der Waals surface area contributed by atoms with Crippen molar-refractivity contribution >= 4 is 15.7 Å². The molecule has 0 amide bonds. The molecule has 1 aromatic carbocycles. The van der Waals surface area contributed by atoms with Crippen molar-refractivity contribution in [3.8, 4) is 0 Å². The van der Waals surface area contributed by atoms with Crippen molar-refractivity contribution in [2.24, 2.45) is 12.8 Å². The fraction of sp³-hybridized carbons (Fsp3) is 0.357. The number of nitrogens with zero attached hydrogens (tertiary/aromatic N) is 3. The Hall–Kier alpha value is -1.86. The van der Waals surface area contributed by atoms with Gasteiger partial charge in [0, 0.05) is 19.6 Å². The molecule has 0 spiro atoms. The quantitative estimate of drug-likeness (QED) is 0.923. The van der Waals surface area contributed by atoms with Gasteiger partial charge < -0.3 is 5.73 Å². The van der Waals surface area contributed by atoms with Crippen LogP contribution >= 0.6 is 0 Å². The van der Waals surface area contributed by atoms with E-state index in [4.69, 9.17) is 5.73 Å². The molecule has 1 aliphatic rings. The lowest BCUT2D eigenvalue weighted by Gasteiger charge is -2.19. The van der Waals surface area contributed by atoms with Crippen molar-refractivity contribution in [3.63, 3.8) is 0 Å². The van der Waals surface area contributed by atoms with Crippen LogP contribution in [0.2, 0.25) is 0 Å². The molecule has 21 heavy (non-hydrogen) atoms. The normalized spacial score (nSPS) is 16.0. The van der Waals surface area contributed by atoms with Crippen LogP contribution in [0.15, 0.2) is 35.5 Å². The largest absolute Gasteiger partial charge is 0.324 e. The molecule has 0 radical (unpaired) electrons. The van der Waals surface area contributed by atoms with Gasteiger partial charge in [0.15, 0.2) is 5.03 Å². The molecule has 0 bridgehead atoms. The highest BCUT2D eigenvalue weighted by atomic mass is 32.2. The van der Waals surface area contributed by atoms with Gasteiger partial charge in [0.1, 0.15) is 0 Å². The maximum Gasteiger partial charge on any atom is 0.281 e. The third-order valence-electron chi connectivity index (χ3n) is 3.81. The summed E-state index contributed by atoms with van der Waals surface area (Å²) < 4.78 is 28.3. The minimum absolute atomic E-state index is 0.0574. The predicted molar refractivity (Wildman–Crippen MR) is 80.5 cm³/mol. The number of nitrogens with two attached hydrogens (primary N) is 1. The van der Waals surface area contributed by atoms with Crippen LogP contribution in [0.5, 0.6) is 0 Å². The summed E-state index contributed by atoms with van der Waals surface area (Å²) >= 11 is 0. The first-order valence-corrected chi connectivity index (χ1v) is 8.24. The molecule has 2 N–H and O–H groups in total. The minimum atomic E-state index is -3.57. The summed E-state index contributed by atoms with van der Waals surface area (Å²) in [7, 11) is -1.94. The van der Waals surface area contributed by atoms with E-state index in [1.165, 1.54) is 21.3 Å². The van der Waals surface area contributed by atoms with Crippen LogP contribution in [0, 0.1) is 0 Å². The van der Waals surface area contributed by atoms with Gasteiger partial charge in [-0.25, -0.2) is 0 Å². The molecule has 0 saturated carbocycles. The molecule has 1 aromatic heterocycles. The Bertz CT molecular complexity index is 780. The number of anilines is 1. The molecule has 3 rings (SSSR count). The van der Waals surface area contributed by atoms with Crippen LogP contribution < -0.4 is 10.0 Å². The second kappa shape index (κ2) is 4.85. The van der Waals surface area contributed by atoms with E-state index in [9.17, 15) is 8.42 Å². The summed E-state index contributed by atoms with van der Waals surface area (Å²) in [6, 6.07) is 7.19. The number of hydrogen-bond donors (Lipinski definition) is 1. The van der Waals surface area contributed by atoms with Crippen LogP contribution in [0.3, 0.4) is 0 Å². The van der Waals surface area contributed by atoms with Crippen LogP contribution in [0.1, 0.15) is 24.1 Å². The highest BCUT2D eigenvalue weighted by Crippen LogP contribution is 2.34. The predicted octanol–water partition coefficient (Wildman–Crippen LogP) is 1.19. The molecule has 0 fully saturated rings. The number of rotatable bonds is 3. The van der Waals surface area contributed by atoms with Crippen LogP contribution in [-0.2, 0) is 23.5 Å². The summed E-state index contributed by atoms with van der Waals surface area (Å²) in [4.78, 5) is 0. The van der Waals surface area contributed by atoms with Gasteiger partial charge in [-0.1, -0.05) is 12.1 Å². The van der Waals surface area contributed by atoms with Gasteiger partial charge in [-0.05, 0) is 36.6 Å². The third kappa shape index (κ3) is 2.22. The molecule has 1 atom stereocenters. The van der Waals surface area contributed by atoms with E-state index in [1.807, 2.05) is 25.1 Å². The summed E-state index contributed by atoms with van der Waals surface area (Å²) in [5.74, 6) is 0. The molecule has 112 valence electrons. The summed E-state index contributed by atoms with van der Waals surface area (Å²) in [5, 5.41) is 4.14. The Balaban J connectivity index is 2.04. The average molecular weight is 306 g/mol. The van der Waals surface area contributed by atoms with Crippen LogP contribution in [0.25, 0.3) is 0 Å². The second-order valence-electron chi connectivity index (χ2n) is 5.30. The van der Waals surface area contributed by atoms with Gasteiger partial charge in [-0.15, -0.1) is 0 Å². The molecule has 2 heterocycles. The monoisotopic (exact) mass is 306 g/mol. The SMILES string of the molecule is CC(N)c1ccc2c(c1)CCN2S(=O)(=O)c1ccnn1C. The number of hydrogen-bond acceptors (Lipinski definition) is 4. The average Bonchev–Trinajstić information content (AvgIpc) is 3.03. The number of benzene rings is 1. The van der Waals surface area contributed by atoms with Crippen molar-refractivity contribution < 1.29 is 8.42 Å². The molecule has 0 aliphatic carbocycles. The summed E-state index contributed by atoms with van der Waals surface area (Å²) in [6.07, 6.45) is 2.19. The first-order valence-electron chi connectivity index (χ1n) is 6.80. The van der Waals surface area contributed by atoms with Crippen LogP contribution in [-0.4, -0.2) is 24.7 Å². The van der Waals surface area contributed by atoms with Gasteiger partial charge in [0.2, 0.25) is 0 Å². The molecule has 1 aliphatic heterocycles. The van der Waals surface area contributed by atoms with Crippen molar-refractivity contribution in [3.05, 3.63) is 41.6 Å². The number of sulfonamides is 1. The Morgan fingerprint density at radius 2 is 2.10 bits per heavy atom. The molecule has 6 nitrogen and oxygen atoms in total. The van der Waals surface area contributed by atoms with E-state index in [2.05, 4.69) is 5.10 Å². The van der Waals surface area contributed by atoms with Gasteiger partial charge in [0.25, 0.3) is 10.0 Å². The van der Waals surface area contributed by atoms with E-state index in [1.54, 1.807) is 7.05 Å². The summed E-state index contributed by atoms with van der Waals surface area (Å²) in [5.41, 5.74) is 8.66. The van der Waals surface area contributed by atoms with Gasteiger partial charge >= 0.3 is 0 Å². The fourth-order valence-electron chi connectivity index (χ4n) is 2.65. The van der Waals surface area contributed by atoms with Crippen molar-refractivity contribution in [2.75, 3.05) is 10.8 Å². The van der Waals surface area contributed by atoms with Crippen molar-refractivity contribution in [1.29, 1.82) is 0 Å². The first-order chi connectivity index (χ1) is 9.91. The van der Waals surface area contributed by atoms with Crippen molar-refractivity contribution in [2.45, 2.75) is 24.4 Å². The lowest BCUT2D eigenvalue weighted by atomic mass is 10.0. The lowest BCUT2D eigenvalue weighted by molar-refractivity contribution is 0.573. The number of aromatic nitrogens is 2. The number of aryl methyl sites for hydroxylation is 1. The minimum Gasteiger partial charge on any atom is -0.324 e. The fourth-order valence-corrected chi connectivity index (χ4v) is 4.26. The standard InChI is InChI=1S/C14H18N4O2S/c1-10(15)11-3-4-13-12(9-11)6-8-18(13)21(19,20)14-5-7-16-17(14)2/h3-5,7,9-10H,6,8,15H2,1-2H3. The molecule has 1 unspecified atom stereocenters. The summed E-state index contributed by atoms with van der Waals surface area (Å²) in [6.45, 7) is 2.37. The number of fused-ring (bicyclic) bond motifs is 1. The maximum atomic E-state index is 12.7. The van der Waals surface area contributed by atoms with Gasteiger partial charge in [-0.2, -0.15) is 13.5 Å². The van der Waals surface area contributed by atoms with Crippen LogP contribution in [0.4, 0.5) is 5.69 Å². The Labute approximate surface area is 124 Å². The maximum absolute atomic E-state index is 12.7.